The van der Waals surface area contributed by atoms with E-state index in [-0.39, 0.29) is 24.1 Å². The summed E-state index contributed by atoms with van der Waals surface area (Å²) in [6.45, 7) is 10.0. The average Bonchev–Trinajstić information content (AvgIpc) is 2.51. The van der Waals surface area contributed by atoms with Gasteiger partial charge in [-0.3, -0.25) is 4.79 Å². The molecule has 1 aromatic carbocycles. The molecule has 132 valence electrons. The van der Waals surface area contributed by atoms with Crippen molar-refractivity contribution in [1.29, 1.82) is 0 Å². The summed E-state index contributed by atoms with van der Waals surface area (Å²) in [6, 6.07) is 7.56. The molecule has 1 N–H and O–H groups in total. The fourth-order valence-electron chi connectivity index (χ4n) is 2.50. The summed E-state index contributed by atoms with van der Waals surface area (Å²) in [6.07, 6.45) is 0. The molecule has 24 heavy (non-hydrogen) atoms. The first-order chi connectivity index (χ1) is 11.2. The molecule has 0 unspecified atom stereocenters. The van der Waals surface area contributed by atoms with Crippen LogP contribution in [-0.4, -0.2) is 60.1 Å². The smallest absolute Gasteiger partial charge is 0.317 e. The Morgan fingerprint density at radius 2 is 1.75 bits per heavy atom. The first-order valence-electron chi connectivity index (χ1n) is 8.29. The number of aryl methyl sites for hydroxylation is 1. The van der Waals surface area contributed by atoms with Gasteiger partial charge >= 0.3 is 6.03 Å². The van der Waals surface area contributed by atoms with Crippen molar-refractivity contribution in [2.75, 3.05) is 32.8 Å². The molecule has 6 heteroatoms. The van der Waals surface area contributed by atoms with Crippen molar-refractivity contribution in [3.63, 3.8) is 0 Å². The van der Waals surface area contributed by atoms with Crippen LogP contribution in [0.5, 0.6) is 5.75 Å². The van der Waals surface area contributed by atoms with E-state index in [2.05, 4.69) is 5.32 Å². The third kappa shape index (κ3) is 5.44. The molecule has 1 saturated heterocycles. The number of nitrogens with one attached hydrogen (secondary N) is 1. The van der Waals surface area contributed by atoms with Gasteiger partial charge in [-0.25, -0.2) is 4.79 Å². The highest BCUT2D eigenvalue weighted by molar-refractivity contribution is 5.79. The molecule has 2 rings (SSSR count). The van der Waals surface area contributed by atoms with Crippen LogP contribution >= 0.6 is 0 Å². The van der Waals surface area contributed by atoms with E-state index in [9.17, 15) is 9.59 Å². The number of benzene rings is 1. The highest BCUT2D eigenvalue weighted by atomic mass is 16.5. The van der Waals surface area contributed by atoms with Crippen molar-refractivity contribution in [3.8, 4) is 5.75 Å². The Kier molecular flexibility index (Phi) is 5.70. The summed E-state index contributed by atoms with van der Waals surface area (Å²) in [5.41, 5.74) is 0.838. The van der Waals surface area contributed by atoms with Gasteiger partial charge < -0.3 is 19.9 Å². The number of rotatable bonds is 3. The summed E-state index contributed by atoms with van der Waals surface area (Å²) in [5.74, 6) is 0.652. The summed E-state index contributed by atoms with van der Waals surface area (Å²) in [4.78, 5) is 27.9. The van der Waals surface area contributed by atoms with Crippen LogP contribution < -0.4 is 10.1 Å². The Labute approximate surface area is 143 Å². The molecule has 1 aliphatic heterocycles. The Morgan fingerprint density at radius 1 is 1.12 bits per heavy atom. The lowest BCUT2D eigenvalue weighted by molar-refractivity contribution is -0.134. The minimum atomic E-state index is -0.258. The van der Waals surface area contributed by atoms with Crippen LogP contribution in [0.15, 0.2) is 24.3 Å². The number of amides is 3. The fourth-order valence-corrected chi connectivity index (χ4v) is 2.50. The van der Waals surface area contributed by atoms with E-state index in [4.69, 9.17) is 4.74 Å². The Balaban J connectivity index is 1.77. The Morgan fingerprint density at radius 3 is 2.33 bits per heavy atom. The van der Waals surface area contributed by atoms with E-state index in [0.29, 0.717) is 31.9 Å². The first-order valence-corrected chi connectivity index (χ1v) is 8.29. The number of hydrogen-bond acceptors (Lipinski definition) is 3. The lowest BCUT2D eigenvalue weighted by Gasteiger charge is -2.36. The van der Waals surface area contributed by atoms with Crippen LogP contribution in [0.3, 0.4) is 0 Å². The third-order valence-corrected chi connectivity index (χ3v) is 3.75. The molecule has 0 bridgehead atoms. The minimum absolute atomic E-state index is 0.0254. The van der Waals surface area contributed by atoms with Crippen LogP contribution in [0, 0.1) is 6.92 Å². The standard InChI is InChI=1S/C18H27N3O3/c1-14-6-5-7-15(12-14)24-13-16(22)20-8-10-21(11-9-20)17(23)19-18(2,3)4/h5-7,12H,8-11,13H2,1-4H3,(H,19,23). The van der Waals surface area contributed by atoms with E-state index in [1.807, 2.05) is 52.0 Å². The number of ether oxygens (including phenoxy) is 1. The van der Waals surface area contributed by atoms with Gasteiger partial charge in [-0.15, -0.1) is 0 Å². The SMILES string of the molecule is Cc1cccc(OCC(=O)N2CCN(C(=O)NC(C)(C)C)CC2)c1. The van der Waals surface area contributed by atoms with Gasteiger partial charge in [0.1, 0.15) is 5.75 Å². The minimum Gasteiger partial charge on any atom is -0.484 e. The van der Waals surface area contributed by atoms with Crippen molar-refractivity contribution in [2.45, 2.75) is 33.2 Å². The zero-order valence-electron chi connectivity index (χ0n) is 15.0. The molecule has 1 fully saturated rings. The molecule has 1 heterocycles. The maximum atomic E-state index is 12.2. The van der Waals surface area contributed by atoms with Gasteiger partial charge in [-0.05, 0) is 45.4 Å². The molecule has 0 aromatic heterocycles. The lowest BCUT2D eigenvalue weighted by Crippen LogP contribution is -2.56. The highest BCUT2D eigenvalue weighted by Crippen LogP contribution is 2.13. The molecule has 6 nitrogen and oxygen atoms in total. The van der Waals surface area contributed by atoms with Gasteiger partial charge in [0.25, 0.3) is 5.91 Å². The highest BCUT2D eigenvalue weighted by Gasteiger charge is 2.26. The van der Waals surface area contributed by atoms with E-state index < -0.39 is 0 Å². The topological polar surface area (TPSA) is 61.9 Å². The number of carbonyl (C=O) groups is 2. The Bertz CT molecular complexity index is 587. The molecular weight excluding hydrogens is 306 g/mol. The Hall–Kier alpha value is -2.24. The fraction of sp³-hybridized carbons (Fsp3) is 0.556. The van der Waals surface area contributed by atoms with E-state index in [1.165, 1.54) is 0 Å². The first kappa shape index (κ1) is 18.1. The van der Waals surface area contributed by atoms with Crippen LogP contribution in [0.2, 0.25) is 0 Å². The van der Waals surface area contributed by atoms with Gasteiger partial charge in [0, 0.05) is 31.7 Å². The number of hydrogen-bond donors (Lipinski definition) is 1. The molecule has 0 aliphatic carbocycles. The van der Waals surface area contributed by atoms with Gasteiger partial charge in [-0.1, -0.05) is 12.1 Å². The van der Waals surface area contributed by atoms with Crippen LogP contribution in [0.4, 0.5) is 4.79 Å². The van der Waals surface area contributed by atoms with Gasteiger partial charge in [0.05, 0.1) is 0 Å². The molecule has 0 radical (unpaired) electrons. The molecule has 0 atom stereocenters. The normalized spacial score (nSPS) is 15.2. The lowest BCUT2D eigenvalue weighted by atomic mass is 10.1. The number of carbonyl (C=O) groups excluding carboxylic acids is 2. The van der Waals surface area contributed by atoms with Gasteiger partial charge in [0.2, 0.25) is 0 Å². The summed E-state index contributed by atoms with van der Waals surface area (Å²) in [5, 5.41) is 2.94. The van der Waals surface area contributed by atoms with Crippen molar-refractivity contribution in [1.82, 2.24) is 15.1 Å². The third-order valence-electron chi connectivity index (χ3n) is 3.75. The van der Waals surface area contributed by atoms with E-state index in [1.54, 1.807) is 9.80 Å². The second-order valence-corrected chi connectivity index (χ2v) is 7.15. The summed E-state index contributed by atoms with van der Waals surface area (Å²) < 4.78 is 5.56. The molecule has 0 spiro atoms. The molecule has 0 saturated carbocycles. The predicted molar refractivity (Wildman–Crippen MR) is 93.1 cm³/mol. The zero-order valence-corrected chi connectivity index (χ0v) is 15.0. The number of nitrogens with zero attached hydrogens (tertiary/aromatic N) is 2. The van der Waals surface area contributed by atoms with Crippen LogP contribution in [-0.2, 0) is 4.79 Å². The maximum Gasteiger partial charge on any atom is 0.317 e. The largest absolute Gasteiger partial charge is 0.484 e. The van der Waals surface area contributed by atoms with Crippen molar-refractivity contribution >= 4 is 11.9 Å². The second-order valence-electron chi connectivity index (χ2n) is 7.15. The van der Waals surface area contributed by atoms with Crippen molar-refractivity contribution in [3.05, 3.63) is 29.8 Å². The second kappa shape index (κ2) is 7.55. The summed E-state index contributed by atoms with van der Waals surface area (Å²) >= 11 is 0. The maximum absolute atomic E-state index is 12.2. The molecular formula is C18H27N3O3. The monoisotopic (exact) mass is 333 g/mol. The van der Waals surface area contributed by atoms with Gasteiger partial charge in [-0.2, -0.15) is 0 Å². The zero-order chi connectivity index (χ0) is 17.7. The van der Waals surface area contributed by atoms with Gasteiger partial charge in [0.15, 0.2) is 6.61 Å². The molecule has 3 amide bonds. The van der Waals surface area contributed by atoms with Crippen LogP contribution in [0.25, 0.3) is 0 Å². The molecule has 1 aliphatic rings. The van der Waals surface area contributed by atoms with Crippen LogP contribution in [0.1, 0.15) is 26.3 Å². The van der Waals surface area contributed by atoms with Crippen molar-refractivity contribution in [2.24, 2.45) is 0 Å². The summed E-state index contributed by atoms with van der Waals surface area (Å²) in [7, 11) is 0. The van der Waals surface area contributed by atoms with Crippen molar-refractivity contribution < 1.29 is 14.3 Å². The predicted octanol–water partition coefficient (Wildman–Crippen LogP) is 2.03. The molecule has 1 aromatic rings. The number of urea groups is 1. The van der Waals surface area contributed by atoms with E-state index >= 15 is 0 Å². The number of piperazine rings is 1. The van der Waals surface area contributed by atoms with E-state index in [0.717, 1.165) is 5.56 Å². The average molecular weight is 333 g/mol. The quantitative estimate of drug-likeness (QED) is 0.920.